The summed E-state index contributed by atoms with van der Waals surface area (Å²) in [5.41, 5.74) is 0. The van der Waals surface area contributed by atoms with Crippen molar-refractivity contribution in [3.63, 3.8) is 0 Å². The second kappa shape index (κ2) is 12.8. The van der Waals surface area contributed by atoms with Crippen molar-refractivity contribution in [1.29, 1.82) is 0 Å². The normalized spacial score (nSPS) is 3.33. The van der Waals surface area contributed by atoms with Crippen molar-refractivity contribution in [2.24, 2.45) is 0 Å². The molecule has 0 fully saturated rings. The van der Waals surface area contributed by atoms with Crippen molar-refractivity contribution < 1.29 is 76.3 Å². The summed E-state index contributed by atoms with van der Waals surface area (Å²) < 4.78 is 51.8. The molecular formula is H3GaNd2O6. The van der Waals surface area contributed by atoms with Crippen LogP contribution in [0.1, 0.15) is 0 Å². The standard InChI is InChI=1S/Ga.2Nd.6O.3H. The Kier molecular flexibility index (Phi) is 24.5. The third-order valence-corrected chi connectivity index (χ3v) is 0. The molecule has 9 heteroatoms. The first-order valence-corrected chi connectivity index (χ1v) is 9.08. The van der Waals surface area contributed by atoms with E-state index in [0.29, 0.717) is 0 Å². The van der Waals surface area contributed by atoms with E-state index >= 15 is 0 Å². The van der Waals surface area contributed by atoms with Gasteiger partial charge in [0.05, 0.1) is 0 Å². The molecule has 0 atom stereocenters. The molecular weight excluding hydrogens is 454 g/mol. The van der Waals surface area contributed by atoms with Crippen molar-refractivity contribution in [1.82, 2.24) is 0 Å². The molecule has 0 unspecified atom stereocenters. The molecule has 0 aliphatic rings. The van der Waals surface area contributed by atoms with Gasteiger partial charge in [0.25, 0.3) is 0 Å². The summed E-state index contributed by atoms with van der Waals surface area (Å²) in [6, 6.07) is 0. The van der Waals surface area contributed by atoms with E-state index in [4.69, 9.17) is 6.31 Å². The zero-order chi connectivity index (χ0) is 7.15. The average Bonchev–Trinajstić information content (AvgIpc) is 1.25. The van der Waals surface area contributed by atoms with Gasteiger partial charge < -0.3 is 0 Å². The first kappa shape index (κ1) is 17.3. The monoisotopic (exact) mass is 452 g/mol. The average molecular weight is 457 g/mol. The van der Waals surface area contributed by atoms with Gasteiger partial charge in [-0.15, -0.1) is 0 Å². The molecule has 0 N–H and O–H groups in total. The zero-order valence-electron chi connectivity index (χ0n) is 3.45. The minimum absolute atomic E-state index is 0. The van der Waals surface area contributed by atoms with Crippen LogP contribution in [0.25, 0.3) is 0 Å². The van der Waals surface area contributed by atoms with Crippen molar-refractivity contribution in [3.8, 4) is 0 Å². The van der Waals surface area contributed by atoms with Gasteiger partial charge in [0.15, 0.2) is 0 Å². The number of hydrogen-bond acceptors (Lipinski definition) is 6. The first-order valence-electron chi connectivity index (χ1n) is 1.22. The van der Waals surface area contributed by atoms with E-state index in [0.717, 1.165) is 0 Å². The Hall–Kier alpha value is 2.14. The van der Waals surface area contributed by atoms with E-state index in [1.165, 1.54) is 0 Å². The summed E-state index contributed by atoms with van der Waals surface area (Å²) in [6.45, 7) is 0. The molecule has 0 amide bonds. The topological polar surface area (TPSA) is 102 Å². The van der Waals surface area contributed by atoms with Crippen LogP contribution in [0.4, 0.5) is 0 Å². The molecule has 0 aromatic carbocycles. The van der Waals surface area contributed by atoms with Gasteiger partial charge in [0.2, 0.25) is 0 Å². The van der Waals surface area contributed by atoms with E-state index in [1.54, 1.807) is 0 Å². The summed E-state index contributed by atoms with van der Waals surface area (Å²) in [5, 5.41) is 0. The minimum atomic E-state index is -4.41. The molecule has 0 aliphatic carbocycles. The molecule has 0 spiro atoms. The summed E-state index contributed by atoms with van der Waals surface area (Å²) >= 11 is -8.81. The van der Waals surface area contributed by atoms with Crippen LogP contribution in [0.5, 0.6) is 0 Å². The fourth-order valence-corrected chi connectivity index (χ4v) is 0. The summed E-state index contributed by atoms with van der Waals surface area (Å²) in [5.74, 6) is 0. The summed E-state index contributed by atoms with van der Waals surface area (Å²) in [6.07, 6.45) is 0. The Morgan fingerprint density at radius 1 is 0.556 bits per heavy atom. The van der Waals surface area contributed by atoms with E-state index in [9.17, 15) is 0 Å². The Balaban J connectivity index is -0.0000000720. The van der Waals surface area contributed by atoms with Crippen LogP contribution in [0, 0.1) is 70.0 Å². The molecule has 6 nitrogen and oxygen atoms in total. The van der Waals surface area contributed by atoms with Gasteiger partial charge in [-0.1, -0.05) is 0 Å². The van der Waals surface area contributed by atoms with E-state index in [2.05, 4.69) is 0 Å². The molecule has 0 radical (unpaired) electrons. The third-order valence-electron chi connectivity index (χ3n) is 0. The van der Waals surface area contributed by atoms with Crippen LogP contribution in [0.3, 0.4) is 0 Å². The SMILES string of the molecule is [GaH3].[O]=[Nd](=[O])=[O].[O]=[Nd](=[O])=[O]. The molecule has 0 saturated heterocycles. The number of hydrogen-bond donors (Lipinski definition) is 0. The van der Waals surface area contributed by atoms with Gasteiger partial charge in [-0.3, -0.25) is 0 Å². The molecule has 0 aliphatic heterocycles. The van der Waals surface area contributed by atoms with Crippen LogP contribution in [-0.2, 0) is 6.31 Å². The van der Waals surface area contributed by atoms with Gasteiger partial charge in [-0.05, 0) is 0 Å². The Morgan fingerprint density at radius 3 is 0.556 bits per heavy atom. The molecule has 0 rings (SSSR count). The van der Waals surface area contributed by atoms with Crippen LogP contribution in [-0.4, -0.2) is 19.8 Å². The van der Waals surface area contributed by atoms with Crippen LogP contribution >= 0.6 is 0 Å². The fourth-order valence-electron chi connectivity index (χ4n) is 0. The Bertz CT molecular complexity index is 180. The summed E-state index contributed by atoms with van der Waals surface area (Å²) in [7, 11) is 0. The van der Waals surface area contributed by atoms with E-state index in [1.807, 2.05) is 0 Å². The second-order valence-electron chi connectivity index (χ2n) is 0.500. The van der Waals surface area contributed by atoms with Crippen LogP contribution in [0.2, 0.25) is 0 Å². The molecule has 0 bridgehead atoms. The maximum atomic E-state index is 8.63. The zero-order valence-corrected chi connectivity index (χ0v) is 9.87. The summed E-state index contributed by atoms with van der Waals surface area (Å²) in [4.78, 5) is 0. The van der Waals surface area contributed by atoms with Gasteiger partial charge in [0.1, 0.15) is 0 Å². The van der Waals surface area contributed by atoms with Gasteiger partial charge in [-0.25, -0.2) is 0 Å². The fraction of sp³-hybridized carbons (Fsp3) is 0. The van der Waals surface area contributed by atoms with E-state index in [-0.39, 0.29) is 19.8 Å². The molecule has 0 heterocycles. The van der Waals surface area contributed by atoms with Crippen molar-refractivity contribution in [2.75, 3.05) is 0 Å². The predicted molar refractivity (Wildman–Crippen MR) is 14.1 cm³/mol. The van der Waals surface area contributed by atoms with Crippen molar-refractivity contribution >= 4 is 19.8 Å². The molecule has 9 heavy (non-hydrogen) atoms. The quantitative estimate of drug-likeness (QED) is 0.394. The van der Waals surface area contributed by atoms with Gasteiger partial charge in [0, 0.05) is 0 Å². The van der Waals surface area contributed by atoms with E-state index < -0.39 is 70.0 Å². The third kappa shape index (κ3) is 147. The molecule has 0 aromatic heterocycles. The Morgan fingerprint density at radius 2 is 0.556 bits per heavy atom. The second-order valence-corrected chi connectivity index (χ2v) is 3.71. The van der Waals surface area contributed by atoms with Crippen LogP contribution < -0.4 is 0 Å². The van der Waals surface area contributed by atoms with Gasteiger partial charge >= 0.3 is 96.1 Å². The number of rotatable bonds is 0. The molecule has 0 saturated carbocycles. The van der Waals surface area contributed by atoms with Crippen molar-refractivity contribution in [2.45, 2.75) is 0 Å². The van der Waals surface area contributed by atoms with Crippen LogP contribution in [0.15, 0.2) is 0 Å². The molecule has 50 valence electrons. The predicted octanol–water partition coefficient (Wildman–Crippen LogP) is -1.90. The molecule has 0 aromatic rings. The van der Waals surface area contributed by atoms with Crippen molar-refractivity contribution in [3.05, 3.63) is 0 Å². The first-order chi connectivity index (χ1) is 3.46. The Labute approximate surface area is 93.3 Å². The maximum absolute atomic E-state index is 8.63. The van der Waals surface area contributed by atoms with Gasteiger partial charge in [-0.2, -0.15) is 0 Å².